The summed E-state index contributed by atoms with van der Waals surface area (Å²) in [6.07, 6.45) is 0. The fourth-order valence-electron chi connectivity index (χ4n) is 2.98. The van der Waals surface area contributed by atoms with E-state index >= 15 is 0 Å². The highest BCUT2D eigenvalue weighted by Crippen LogP contribution is 2.24. The standard InChI is InChI=1S/C21H19N3S/c1-24-21(22-14-16-8-3-2-4-9-16)25-15-20(23-24)19-13-7-11-17-10-5-6-12-18(17)19/h2-13H,14-15H2,1H3. The molecule has 0 saturated carbocycles. The summed E-state index contributed by atoms with van der Waals surface area (Å²) in [5.74, 6) is 0.839. The van der Waals surface area contributed by atoms with Crippen molar-refractivity contribution in [2.45, 2.75) is 6.54 Å². The zero-order valence-corrected chi connectivity index (χ0v) is 14.9. The Kier molecular flexibility index (Phi) is 4.53. The number of hydrogen-bond donors (Lipinski definition) is 0. The number of benzene rings is 3. The van der Waals surface area contributed by atoms with Gasteiger partial charge >= 0.3 is 0 Å². The summed E-state index contributed by atoms with van der Waals surface area (Å²) in [4.78, 5) is 4.72. The second-order valence-electron chi connectivity index (χ2n) is 5.97. The molecule has 0 unspecified atom stereocenters. The van der Waals surface area contributed by atoms with E-state index in [2.05, 4.69) is 54.6 Å². The lowest BCUT2D eigenvalue weighted by Gasteiger charge is -2.23. The summed E-state index contributed by atoms with van der Waals surface area (Å²) in [5.41, 5.74) is 3.52. The fourth-order valence-corrected chi connectivity index (χ4v) is 3.84. The lowest BCUT2D eigenvalue weighted by molar-refractivity contribution is 0.550. The van der Waals surface area contributed by atoms with Crippen LogP contribution in [-0.2, 0) is 6.54 Å². The van der Waals surface area contributed by atoms with Gasteiger partial charge in [0, 0.05) is 18.4 Å². The normalized spacial score (nSPS) is 16.3. The predicted molar refractivity (Wildman–Crippen MR) is 108 cm³/mol. The largest absolute Gasteiger partial charge is 0.256 e. The van der Waals surface area contributed by atoms with Crippen molar-refractivity contribution in [3.8, 4) is 0 Å². The topological polar surface area (TPSA) is 28.0 Å². The van der Waals surface area contributed by atoms with E-state index in [-0.39, 0.29) is 0 Å². The third kappa shape index (κ3) is 3.44. The Balaban J connectivity index is 1.60. The molecule has 1 aliphatic heterocycles. The van der Waals surface area contributed by atoms with Gasteiger partial charge in [0.1, 0.15) is 0 Å². The maximum absolute atomic E-state index is 4.79. The Bertz CT molecular complexity index is 942. The summed E-state index contributed by atoms with van der Waals surface area (Å²) in [5, 5.41) is 10.2. The van der Waals surface area contributed by atoms with Crippen LogP contribution < -0.4 is 0 Å². The molecule has 3 aromatic carbocycles. The zero-order valence-electron chi connectivity index (χ0n) is 14.1. The average Bonchev–Trinajstić information content (AvgIpc) is 2.67. The first-order valence-electron chi connectivity index (χ1n) is 8.32. The van der Waals surface area contributed by atoms with Gasteiger partial charge in [-0.3, -0.25) is 4.99 Å². The number of rotatable bonds is 3. The van der Waals surface area contributed by atoms with Gasteiger partial charge in [-0.15, -0.1) is 0 Å². The van der Waals surface area contributed by atoms with Crippen molar-refractivity contribution >= 4 is 33.4 Å². The van der Waals surface area contributed by atoms with E-state index in [1.807, 2.05) is 30.3 Å². The first-order chi connectivity index (χ1) is 12.3. The van der Waals surface area contributed by atoms with E-state index in [0.29, 0.717) is 6.54 Å². The van der Waals surface area contributed by atoms with Gasteiger partial charge in [-0.2, -0.15) is 5.10 Å². The Labute approximate surface area is 152 Å². The van der Waals surface area contributed by atoms with Crippen LogP contribution in [0.25, 0.3) is 10.8 Å². The number of nitrogens with zero attached hydrogens (tertiary/aromatic N) is 3. The third-order valence-corrected chi connectivity index (χ3v) is 5.30. The van der Waals surface area contributed by atoms with Gasteiger partial charge in [0.05, 0.1) is 12.3 Å². The molecule has 4 rings (SSSR count). The fraction of sp³-hybridized carbons (Fsp3) is 0.143. The van der Waals surface area contributed by atoms with E-state index in [1.54, 1.807) is 11.8 Å². The molecule has 4 heteroatoms. The van der Waals surface area contributed by atoms with Gasteiger partial charge < -0.3 is 0 Å². The molecule has 0 N–H and O–H groups in total. The summed E-state index contributed by atoms with van der Waals surface area (Å²) in [6, 6.07) is 25.2. The maximum Gasteiger partial charge on any atom is 0.180 e. The van der Waals surface area contributed by atoms with Gasteiger partial charge in [-0.25, -0.2) is 5.01 Å². The van der Waals surface area contributed by atoms with Crippen LogP contribution in [0.1, 0.15) is 11.1 Å². The molecule has 0 saturated heterocycles. The molecular formula is C21H19N3S. The van der Waals surface area contributed by atoms with E-state index in [4.69, 9.17) is 10.1 Å². The first kappa shape index (κ1) is 15.9. The molecule has 3 aromatic rings. The summed E-state index contributed by atoms with van der Waals surface area (Å²) in [7, 11) is 1.97. The highest BCUT2D eigenvalue weighted by atomic mass is 32.2. The summed E-state index contributed by atoms with van der Waals surface area (Å²) >= 11 is 1.75. The molecule has 0 amide bonds. The number of fused-ring (bicyclic) bond motifs is 1. The summed E-state index contributed by atoms with van der Waals surface area (Å²) < 4.78 is 0. The van der Waals surface area contributed by atoms with Crippen LogP contribution in [0.2, 0.25) is 0 Å². The number of aliphatic imine (C=N–C) groups is 1. The van der Waals surface area contributed by atoms with Crippen molar-refractivity contribution in [2.75, 3.05) is 12.8 Å². The zero-order chi connectivity index (χ0) is 17.1. The number of thioether (sulfide) groups is 1. The molecular weight excluding hydrogens is 326 g/mol. The van der Waals surface area contributed by atoms with E-state index in [9.17, 15) is 0 Å². The second kappa shape index (κ2) is 7.11. The molecule has 0 aliphatic carbocycles. The van der Waals surface area contributed by atoms with Crippen molar-refractivity contribution in [3.05, 3.63) is 83.9 Å². The molecule has 3 nitrogen and oxygen atoms in total. The molecule has 0 fully saturated rings. The number of hydrogen-bond acceptors (Lipinski definition) is 3. The van der Waals surface area contributed by atoms with Gasteiger partial charge in [-0.05, 0) is 16.3 Å². The van der Waals surface area contributed by atoms with Crippen molar-refractivity contribution < 1.29 is 0 Å². The van der Waals surface area contributed by atoms with Gasteiger partial charge in [-0.1, -0.05) is 84.6 Å². The van der Waals surface area contributed by atoms with Crippen molar-refractivity contribution in [1.29, 1.82) is 0 Å². The average molecular weight is 345 g/mol. The summed E-state index contributed by atoms with van der Waals surface area (Å²) in [6.45, 7) is 0.687. The van der Waals surface area contributed by atoms with Crippen molar-refractivity contribution in [1.82, 2.24) is 5.01 Å². The van der Waals surface area contributed by atoms with E-state index < -0.39 is 0 Å². The van der Waals surface area contributed by atoms with Gasteiger partial charge in [0.25, 0.3) is 0 Å². The van der Waals surface area contributed by atoms with Crippen LogP contribution in [0.3, 0.4) is 0 Å². The maximum atomic E-state index is 4.79. The quantitative estimate of drug-likeness (QED) is 0.683. The van der Waals surface area contributed by atoms with Crippen LogP contribution in [0.15, 0.2) is 82.9 Å². The SMILES string of the molecule is CN1N=C(c2cccc3ccccc23)CSC1=NCc1ccccc1. The lowest BCUT2D eigenvalue weighted by atomic mass is 10.0. The minimum Gasteiger partial charge on any atom is -0.256 e. The van der Waals surface area contributed by atoms with Crippen LogP contribution >= 0.6 is 11.8 Å². The predicted octanol–water partition coefficient (Wildman–Crippen LogP) is 4.78. The minimum atomic E-state index is 0.687. The Morgan fingerprint density at radius 2 is 1.72 bits per heavy atom. The molecule has 0 aromatic heterocycles. The number of hydrazone groups is 1. The monoisotopic (exact) mass is 345 g/mol. The van der Waals surface area contributed by atoms with Crippen LogP contribution in [0.5, 0.6) is 0 Å². The molecule has 0 atom stereocenters. The molecule has 124 valence electrons. The molecule has 0 radical (unpaired) electrons. The van der Waals surface area contributed by atoms with Crippen LogP contribution in [0, 0.1) is 0 Å². The minimum absolute atomic E-state index is 0.687. The first-order valence-corrected chi connectivity index (χ1v) is 9.30. The van der Waals surface area contributed by atoms with Crippen molar-refractivity contribution in [2.24, 2.45) is 10.1 Å². The Morgan fingerprint density at radius 3 is 2.56 bits per heavy atom. The molecule has 1 aliphatic rings. The molecule has 1 heterocycles. The second-order valence-corrected chi connectivity index (χ2v) is 6.91. The van der Waals surface area contributed by atoms with E-state index in [0.717, 1.165) is 16.6 Å². The molecule has 0 spiro atoms. The smallest absolute Gasteiger partial charge is 0.180 e. The Morgan fingerprint density at radius 1 is 0.960 bits per heavy atom. The lowest BCUT2D eigenvalue weighted by Crippen LogP contribution is -2.28. The molecule has 0 bridgehead atoms. The number of amidine groups is 1. The third-order valence-electron chi connectivity index (χ3n) is 4.23. The molecule has 25 heavy (non-hydrogen) atoms. The van der Waals surface area contributed by atoms with Crippen LogP contribution in [-0.4, -0.2) is 28.7 Å². The highest BCUT2D eigenvalue weighted by Gasteiger charge is 2.18. The highest BCUT2D eigenvalue weighted by molar-refractivity contribution is 8.14. The van der Waals surface area contributed by atoms with Crippen molar-refractivity contribution in [3.63, 3.8) is 0 Å². The Hall–Kier alpha value is -2.59. The van der Waals surface area contributed by atoms with Gasteiger partial charge in [0.2, 0.25) is 0 Å². The van der Waals surface area contributed by atoms with Crippen LogP contribution in [0.4, 0.5) is 0 Å². The van der Waals surface area contributed by atoms with Gasteiger partial charge in [0.15, 0.2) is 5.17 Å². The van der Waals surface area contributed by atoms with E-state index in [1.165, 1.54) is 21.9 Å².